The van der Waals surface area contributed by atoms with E-state index in [1.807, 2.05) is 43.3 Å². The zero-order chi connectivity index (χ0) is 17.6. The van der Waals surface area contributed by atoms with Crippen LogP contribution in [0.5, 0.6) is 5.75 Å². The summed E-state index contributed by atoms with van der Waals surface area (Å²) in [5, 5.41) is 13.0. The summed E-state index contributed by atoms with van der Waals surface area (Å²) in [4.78, 5) is 18.9. The highest BCUT2D eigenvalue weighted by atomic mass is 16.3. The van der Waals surface area contributed by atoms with Crippen molar-refractivity contribution < 1.29 is 9.90 Å². The number of aromatic hydroxyl groups is 1. The number of pyridine rings is 1. The quantitative estimate of drug-likeness (QED) is 0.879. The molecule has 0 saturated carbocycles. The molecule has 1 fully saturated rings. The average molecular weight is 339 g/mol. The topological polar surface area (TPSA) is 65.5 Å². The molecule has 132 valence electrons. The summed E-state index contributed by atoms with van der Waals surface area (Å²) in [6.45, 7) is 5.16. The highest BCUT2D eigenvalue weighted by molar-refractivity contribution is 5.94. The van der Waals surface area contributed by atoms with E-state index in [2.05, 4.69) is 15.2 Å². The van der Waals surface area contributed by atoms with Crippen LogP contribution in [0.3, 0.4) is 0 Å². The van der Waals surface area contributed by atoms with Gasteiger partial charge in [0, 0.05) is 30.9 Å². The molecule has 0 bridgehead atoms. The first-order valence-corrected chi connectivity index (χ1v) is 8.83. The van der Waals surface area contributed by atoms with Crippen LogP contribution in [0.2, 0.25) is 0 Å². The summed E-state index contributed by atoms with van der Waals surface area (Å²) in [6, 6.07) is 12.8. The monoisotopic (exact) mass is 339 g/mol. The molecule has 1 aliphatic rings. The van der Waals surface area contributed by atoms with Gasteiger partial charge in [-0.05, 0) is 56.5 Å². The van der Waals surface area contributed by atoms with E-state index < -0.39 is 0 Å². The van der Waals surface area contributed by atoms with Crippen LogP contribution in [0.1, 0.15) is 34.6 Å². The molecule has 5 nitrogen and oxygen atoms in total. The molecule has 2 heterocycles. The molecule has 0 spiro atoms. The number of hydrogen-bond donors (Lipinski definition) is 2. The number of aryl methyl sites for hydroxylation is 1. The fraction of sp³-hybridized carbons (Fsp3) is 0.400. The molecule has 1 atom stereocenters. The van der Waals surface area contributed by atoms with Gasteiger partial charge in [-0.15, -0.1) is 0 Å². The van der Waals surface area contributed by atoms with E-state index in [1.165, 1.54) is 0 Å². The van der Waals surface area contributed by atoms with Crippen LogP contribution in [-0.4, -0.2) is 40.5 Å². The van der Waals surface area contributed by atoms with Crippen molar-refractivity contribution >= 4 is 5.91 Å². The van der Waals surface area contributed by atoms with Gasteiger partial charge in [0.15, 0.2) is 0 Å². The van der Waals surface area contributed by atoms with E-state index in [-0.39, 0.29) is 11.7 Å². The lowest BCUT2D eigenvalue weighted by Crippen LogP contribution is -2.40. The number of amides is 1. The van der Waals surface area contributed by atoms with Crippen molar-refractivity contribution in [2.24, 2.45) is 5.92 Å². The molecule has 0 aliphatic carbocycles. The lowest BCUT2D eigenvalue weighted by Gasteiger charge is -2.32. The molecule has 25 heavy (non-hydrogen) atoms. The third-order valence-electron chi connectivity index (χ3n) is 4.65. The van der Waals surface area contributed by atoms with Gasteiger partial charge >= 0.3 is 0 Å². The first-order valence-electron chi connectivity index (χ1n) is 8.83. The van der Waals surface area contributed by atoms with Crippen LogP contribution in [0.4, 0.5) is 0 Å². The SMILES string of the molecule is Cc1ccc(O)c(CN2CCCC(CNC(=O)c3ccccc3)C2)n1. The average Bonchev–Trinajstić information content (AvgIpc) is 2.64. The molecule has 1 aliphatic heterocycles. The third kappa shape index (κ3) is 4.79. The summed E-state index contributed by atoms with van der Waals surface area (Å²) in [6.07, 6.45) is 2.21. The Morgan fingerprint density at radius 1 is 1.28 bits per heavy atom. The first-order chi connectivity index (χ1) is 12.1. The van der Waals surface area contributed by atoms with E-state index in [4.69, 9.17) is 0 Å². The Balaban J connectivity index is 1.53. The minimum absolute atomic E-state index is 0.0179. The molecule has 5 heteroatoms. The van der Waals surface area contributed by atoms with Gasteiger partial charge in [-0.25, -0.2) is 0 Å². The third-order valence-corrected chi connectivity index (χ3v) is 4.65. The molecule has 1 saturated heterocycles. The normalized spacial score (nSPS) is 18.0. The van der Waals surface area contributed by atoms with Crippen molar-refractivity contribution in [1.29, 1.82) is 0 Å². The van der Waals surface area contributed by atoms with Crippen LogP contribution in [0, 0.1) is 12.8 Å². The zero-order valence-corrected chi connectivity index (χ0v) is 14.6. The van der Waals surface area contributed by atoms with Gasteiger partial charge in [0.1, 0.15) is 5.75 Å². The lowest BCUT2D eigenvalue weighted by atomic mass is 9.97. The van der Waals surface area contributed by atoms with Gasteiger partial charge in [0.2, 0.25) is 0 Å². The molecule has 3 rings (SSSR count). The minimum atomic E-state index is -0.0179. The number of rotatable bonds is 5. The number of nitrogens with one attached hydrogen (secondary N) is 1. The lowest BCUT2D eigenvalue weighted by molar-refractivity contribution is 0.0930. The minimum Gasteiger partial charge on any atom is -0.506 e. The molecule has 0 radical (unpaired) electrons. The number of hydrogen-bond acceptors (Lipinski definition) is 4. The van der Waals surface area contributed by atoms with Crippen LogP contribution in [-0.2, 0) is 6.54 Å². The summed E-state index contributed by atoms with van der Waals surface area (Å²) < 4.78 is 0. The maximum Gasteiger partial charge on any atom is 0.251 e. The van der Waals surface area contributed by atoms with Gasteiger partial charge in [-0.3, -0.25) is 14.7 Å². The van der Waals surface area contributed by atoms with Crippen LogP contribution < -0.4 is 5.32 Å². The number of carbonyl (C=O) groups is 1. The van der Waals surface area contributed by atoms with Gasteiger partial charge in [-0.1, -0.05) is 18.2 Å². The predicted octanol–water partition coefficient (Wildman–Crippen LogP) is 2.74. The summed E-state index contributed by atoms with van der Waals surface area (Å²) in [5.41, 5.74) is 2.34. The Kier molecular flexibility index (Phi) is 5.66. The second-order valence-corrected chi connectivity index (χ2v) is 6.74. The smallest absolute Gasteiger partial charge is 0.251 e. The van der Waals surface area contributed by atoms with Crippen molar-refractivity contribution in [3.8, 4) is 5.75 Å². The van der Waals surface area contributed by atoms with Crippen molar-refractivity contribution in [1.82, 2.24) is 15.2 Å². The van der Waals surface area contributed by atoms with Gasteiger partial charge in [-0.2, -0.15) is 0 Å². The van der Waals surface area contributed by atoms with E-state index in [9.17, 15) is 9.90 Å². The van der Waals surface area contributed by atoms with Crippen molar-refractivity contribution in [3.63, 3.8) is 0 Å². The molecule has 1 unspecified atom stereocenters. The molecular formula is C20H25N3O2. The number of likely N-dealkylation sites (tertiary alicyclic amines) is 1. The molecule has 1 amide bonds. The Morgan fingerprint density at radius 3 is 2.88 bits per heavy atom. The maximum atomic E-state index is 12.2. The fourth-order valence-corrected chi connectivity index (χ4v) is 3.32. The highest BCUT2D eigenvalue weighted by Gasteiger charge is 2.22. The predicted molar refractivity (Wildman–Crippen MR) is 97.4 cm³/mol. The summed E-state index contributed by atoms with van der Waals surface area (Å²) >= 11 is 0. The standard InChI is InChI=1S/C20H25N3O2/c1-15-9-10-19(24)18(22-15)14-23-11-5-6-16(13-23)12-21-20(25)17-7-3-2-4-8-17/h2-4,7-10,16,24H,5-6,11-14H2,1H3,(H,21,25). The fourth-order valence-electron chi connectivity index (χ4n) is 3.32. The second-order valence-electron chi connectivity index (χ2n) is 6.74. The Hall–Kier alpha value is -2.40. The molecule has 1 aromatic heterocycles. The first kappa shape index (κ1) is 17.4. The van der Waals surface area contributed by atoms with Gasteiger partial charge in [0.25, 0.3) is 5.91 Å². The largest absolute Gasteiger partial charge is 0.506 e. The molecular weight excluding hydrogens is 314 g/mol. The van der Waals surface area contributed by atoms with E-state index in [0.717, 1.165) is 37.3 Å². The van der Waals surface area contributed by atoms with E-state index >= 15 is 0 Å². The summed E-state index contributed by atoms with van der Waals surface area (Å²) in [5.74, 6) is 0.661. The Labute approximate surface area is 148 Å². The van der Waals surface area contributed by atoms with Crippen LogP contribution in [0.15, 0.2) is 42.5 Å². The van der Waals surface area contributed by atoms with E-state index in [0.29, 0.717) is 24.6 Å². The Morgan fingerprint density at radius 2 is 2.08 bits per heavy atom. The Bertz CT molecular complexity index is 718. The summed E-state index contributed by atoms with van der Waals surface area (Å²) in [7, 11) is 0. The number of carbonyl (C=O) groups excluding carboxylic acids is 1. The zero-order valence-electron chi connectivity index (χ0n) is 14.6. The van der Waals surface area contributed by atoms with Crippen molar-refractivity contribution in [3.05, 3.63) is 59.4 Å². The van der Waals surface area contributed by atoms with Crippen molar-refractivity contribution in [2.45, 2.75) is 26.3 Å². The van der Waals surface area contributed by atoms with E-state index in [1.54, 1.807) is 6.07 Å². The van der Waals surface area contributed by atoms with Gasteiger partial charge in [0.05, 0.1) is 5.69 Å². The number of benzene rings is 1. The highest BCUT2D eigenvalue weighted by Crippen LogP contribution is 2.21. The van der Waals surface area contributed by atoms with Gasteiger partial charge < -0.3 is 10.4 Å². The molecule has 2 N–H and O–H groups in total. The maximum absolute atomic E-state index is 12.2. The van der Waals surface area contributed by atoms with Crippen molar-refractivity contribution in [2.75, 3.05) is 19.6 Å². The molecule has 2 aromatic rings. The number of aromatic nitrogens is 1. The van der Waals surface area contributed by atoms with Crippen LogP contribution >= 0.6 is 0 Å². The second kappa shape index (κ2) is 8.12. The van der Waals surface area contributed by atoms with Crippen LogP contribution in [0.25, 0.3) is 0 Å². The number of nitrogens with zero attached hydrogens (tertiary/aromatic N) is 2. The molecule has 1 aromatic carbocycles. The number of piperidine rings is 1.